The van der Waals surface area contributed by atoms with Crippen LogP contribution in [0.1, 0.15) is 12.6 Å². The summed E-state index contributed by atoms with van der Waals surface area (Å²) >= 11 is 0. The van der Waals surface area contributed by atoms with Gasteiger partial charge in [-0.1, -0.05) is 6.07 Å². The molecule has 0 saturated carbocycles. The number of aromatic nitrogens is 1. The molecule has 0 fully saturated rings. The van der Waals surface area contributed by atoms with E-state index in [1.165, 1.54) is 7.11 Å². The number of benzene rings is 1. The minimum absolute atomic E-state index is 0.160. The van der Waals surface area contributed by atoms with Gasteiger partial charge in [0, 0.05) is 24.7 Å². The zero-order valence-electron chi connectivity index (χ0n) is 12.2. The molecule has 2 aromatic rings. The van der Waals surface area contributed by atoms with Crippen molar-refractivity contribution in [2.24, 2.45) is 0 Å². The fourth-order valence-electron chi connectivity index (χ4n) is 1.72. The van der Waals surface area contributed by atoms with Gasteiger partial charge < -0.3 is 15.4 Å². The molecule has 0 bridgehead atoms. The van der Waals surface area contributed by atoms with Crippen LogP contribution in [0, 0.1) is 0 Å². The van der Waals surface area contributed by atoms with Gasteiger partial charge in [0.15, 0.2) is 0 Å². The zero-order chi connectivity index (χ0) is 15.1. The molecule has 2 rings (SSSR count). The summed E-state index contributed by atoms with van der Waals surface area (Å²) in [4.78, 5) is 15.9. The fraction of sp³-hybridized carbons (Fsp3) is 0.250. The Morgan fingerprint density at radius 2 is 1.90 bits per heavy atom. The Balaban J connectivity index is 1.88. The lowest BCUT2D eigenvalue weighted by molar-refractivity contribution is -0.124. The van der Waals surface area contributed by atoms with E-state index < -0.39 is 6.10 Å². The van der Waals surface area contributed by atoms with E-state index in [1.807, 2.05) is 42.5 Å². The van der Waals surface area contributed by atoms with Gasteiger partial charge in [0.1, 0.15) is 6.10 Å². The average Bonchev–Trinajstić information content (AvgIpc) is 2.54. The van der Waals surface area contributed by atoms with E-state index >= 15 is 0 Å². The number of amides is 1. The third kappa shape index (κ3) is 4.57. The molecule has 1 atom stereocenters. The number of anilines is 2. The summed E-state index contributed by atoms with van der Waals surface area (Å²) in [6.07, 6.45) is 1.30. The van der Waals surface area contributed by atoms with E-state index in [1.54, 1.807) is 13.1 Å². The summed E-state index contributed by atoms with van der Waals surface area (Å²) < 4.78 is 4.96. The van der Waals surface area contributed by atoms with Gasteiger partial charge in [-0.15, -0.1) is 0 Å². The lowest BCUT2D eigenvalue weighted by atomic mass is 10.2. The molecule has 0 saturated heterocycles. The predicted octanol–water partition coefficient (Wildman–Crippen LogP) is 2.67. The standard InChI is InChI=1S/C16H19N3O2/c1-12(21-2)16(20)19-14-8-6-13(7-9-14)18-11-15-5-3-4-10-17-15/h3-10,12,18H,11H2,1-2H3,(H,19,20)/t12-/m0/s1. The summed E-state index contributed by atoms with van der Waals surface area (Å²) in [6.45, 7) is 2.37. The lowest BCUT2D eigenvalue weighted by Gasteiger charge is -2.11. The largest absolute Gasteiger partial charge is 0.379 e. The Kier molecular flexibility index (Phi) is 5.29. The second-order valence-electron chi connectivity index (χ2n) is 4.62. The molecule has 1 amide bonds. The quantitative estimate of drug-likeness (QED) is 0.856. The number of hydrogen-bond donors (Lipinski definition) is 2. The summed E-state index contributed by atoms with van der Waals surface area (Å²) in [5, 5.41) is 6.07. The van der Waals surface area contributed by atoms with Gasteiger partial charge in [-0.3, -0.25) is 9.78 Å². The van der Waals surface area contributed by atoms with Gasteiger partial charge in [-0.25, -0.2) is 0 Å². The van der Waals surface area contributed by atoms with Crippen LogP contribution in [0.15, 0.2) is 48.7 Å². The van der Waals surface area contributed by atoms with Crippen molar-refractivity contribution in [2.75, 3.05) is 17.7 Å². The van der Waals surface area contributed by atoms with Crippen LogP contribution in [0.5, 0.6) is 0 Å². The second-order valence-corrected chi connectivity index (χ2v) is 4.62. The first-order valence-electron chi connectivity index (χ1n) is 6.76. The summed E-state index contributed by atoms with van der Waals surface area (Å²) in [7, 11) is 1.51. The van der Waals surface area contributed by atoms with Gasteiger partial charge >= 0.3 is 0 Å². The first kappa shape index (κ1) is 15.0. The molecule has 21 heavy (non-hydrogen) atoms. The van der Waals surface area contributed by atoms with E-state index in [4.69, 9.17) is 4.74 Å². The highest BCUT2D eigenvalue weighted by Crippen LogP contribution is 2.14. The fourth-order valence-corrected chi connectivity index (χ4v) is 1.72. The minimum atomic E-state index is -0.466. The molecule has 0 spiro atoms. The number of nitrogens with one attached hydrogen (secondary N) is 2. The van der Waals surface area contributed by atoms with E-state index in [-0.39, 0.29) is 5.91 Å². The summed E-state index contributed by atoms with van der Waals surface area (Å²) in [5.41, 5.74) is 2.69. The third-order valence-electron chi connectivity index (χ3n) is 3.07. The molecular weight excluding hydrogens is 266 g/mol. The minimum Gasteiger partial charge on any atom is -0.379 e. The van der Waals surface area contributed by atoms with E-state index in [0.29, 0.717) is 6.54 Å². The Morgan fingerprint density at radius 1 is 1.19 bits per heavy atom. The monoisotopic (exact) mass is 285 g/mol. The number of methoxy groups -OCH3 is 1. The topological polar surface area (TPSA) is 63.2 Å². The van der Waals surface area contributed by atoms with Crippen molar-refractivity contribution in [2.45, 2.75) is 19.6 Å². The van der Waals surface area contributed by atoms with Crippen LogP contribution in [-0.4, -0.2) is 24.1 Å². The van der Waals surface area contributed by atoms with Crippen molar-refractivity contribution < 1.29 is 9.53 Å². The van der Waals surface area contributed by atoms with E-state index in [0.717, 1.165) is 17.1 Å². The Labute approximate surface area is 124 Å². The normalized spacial score (nSPS) is 11.7. The van der Waals surface area contributed by atoms with Gasteiger partial charge in [-0.2, -0.15) is 0 Å². The summed E-state index contributed by atoms with van der Waals surface area (Å²) in [5.74, 6) is -0.160. The molecule has 5 heteroatoms. The van der Waals surface area contributed by atoms with Crippen LogP contribution >= 0.6 is 0 Å². The van der Waals surface area contributed by atoms with Crippen LogP contribution in [0.25, 0.3) is 0 Å². The van der Waals surface area contributed by atoms with Crippen LogP contribution in [0.3, 0.4) is 0 Å². The Morgan fingerprint density at radius 3 is 2.52 bits per heavy atom. The van der Waals surface area contributed by atoms with Crippen molar-refractivity contribution in [3.63, 3.8) is 0 Å². The number of pyridine rings is 1. The molecule has 0 unspecified atom stereocenters. The average molecular weight is 285 g/mol. The maximum Gasteiger partial charge on any atom is 0.253 e. The van der Waals surface area contributed by atoms with Crippen LogP contribution in [-0.2, 0) is 16.1 Å². The molecule has 0 aliphatic carbocycles. The van der Waals surface area contributed by atoms with E-state index in [2.05, 4.69) is 15.6 Å². The molecule has 0 radical (unpaired) electrons. The number of hydrogen-bond acceptors (Lipinski definition) is 4. The maximum absolute atomic E-state index is 11.7. The lowest BCUT2D eigenvalue weighted by Crippen LogP contribution is -2.26. The number of nitrogens with zero attached hydrogens (tertiary/aromatic N) is 1. The highest BCUT2D eigenvalue weighted by Gasteiger charge is 2.11. The van der Waals surface area contributed by atoms with Gasteiger partial charge in [0.05, 0.1) is 12.2 Å². The highest BCUT2D eigenvalue weighted by atomic mass is 16.5. The molecule has 0 aliphatic rings. The van der Waals surface area contributed by atoms with Crippen molar-refractivity contribution in [3.05, 3.63) is 54.4 Å². The Hall–Kier alpha value is -2.40. The number of ether oxygens (including phenoxy) is 1. The molecule has 110 valence electrons. The number of carbonyl (C=O) groups is 1. The van der Waals surface area contributed by atoms with Crippen molar-refractivity contribution >= 4 is 17.3 Å². The third-order valence-corrected chi connectivity index (χ3v) is 3.07. The molecular formula is C16H19N3O2. The summed E-state index contributed by atoms with van der Waals surface area (Å²) in [6, 6.07) is 13.3. The highest BCUT2D eigenvalue weighted by molar-refractivity contribution is 5.94. The SMILES string of the molecule is CO[C@@H](C)C(=O)Nc1ccc(NCc2ccccn2)cc1. The first-order valence-corrected chi connectivity index (χ1v) is 6.76. The predicted molar refractivity (Wildman–Crippen MR) is 83.1 cm³/mol. The van der Waals surface area contributed by atoms with Crippen molar-refractivity contribution in [3.8, 4) is 0 Å². The number of rotatable bonds is 6. The molecule has 1 aromatic heterocycles. The molecule has 0 aliphatic heterocycles. The molecule has 1 aromatic carbocycles. The van der Waals surface area contributed by atoms with Crippen LogP contribution in [0.4, 0.5) is 11.4 Å². The van der Waals surface area contributed by atoms with Crippen molar-refractivity contribution in [1.29, 1.82) is 0 Å². The second kappa shape index (κ2) is 7.40. The van der Waals surface area contributed by atoms with Gasteiger partial charge in [0.2, 0.25) is 0 Å². The number of carbonyl (C=O) groups excluding carboxylic acids is 1. The van der Waals surface area contributed by atoms with Gasteiger partial charge in [-0.05, 0) is 43.3 Å². The first-order chi connectivity index (χ1) is 10.2. The van der Waals surface area contributed by atoms with Crippen molar-refractivity contribution in [1.82, 2.24) is 4.98 Å². The zero-order valence-corrected chi connectivity index (χ0v) is 12.2. The smallest absolute Gasteiger partial charge is 0.253 e. The van der Waals surface area contributed by atoms with Gasteiger partial charge in [0.25, 0.3) is 5.91 Å². The molecule has 5 nitrogen and oxygen atoms in total. The van der Waals surface area contributed by atoms with Crippen LogP contribution in [0.2, 0.25) is 0 Å². The Bertz CT molecular complexity index is 570. The van der Waals surface area contributed by atoms with Crippen LogP contribution < -0.4 is 10.6 Å². The molecule has 2 N–H and O–H groups in total. The maximum atomic E-state index is 11.7. The van der Waals surface area contributed by atoms with E-state index in [9.17, 15) is 4.79 Å². The molecule has 1 heterocycles.